The van der Waals surface area contributed by atoms with Gasteiger partial charge in [0.1, 0.15) is 0 Å². The predicted octanol–water partition coefficient (Wildman–Crippen LogP) is 1.29. The number of hydrogen-bond donors (Lipinski definition) is 2. The van der Waals surface area contributed by atoms with Crippen LogP contribution in [0.25, 0.3) is 0 Å². The fraction of sp³-hybridized carbons (Fsp3) is 0.400. The van der Waals surface area contributed by atoms with Crippen molar-refractivity contribution in [3.8, 4) is 0 Å². The molecule has 0 aromatic heterocycles. The van der Waals surface area contributed by atoms with Crippen LogP contribution in [0.5, 0.6) is 0 Å². The van der Waals surface area contributed by atoms with E-state index in [9.17, 15) is 17.6 Å². The third kappa shape index (κ3) is 3.71. The van der Waals surface area contributed by atoms with Crippen LogP contribution in [0.1, 0.15) is 17.5 Å². The maximum Gasteiger partial charge on any atom is 0.488 e. The van der Waals surface area contributed by atoms with Crippen molar-refractivity contribution in [3.05, 3.63) is 29.3 Å². The maximum absolute atomic E-state index is 12.4. The van der Waals surface area contributed by atoms with Gasteiger partial charge in [-0.3, -0.25) is 4.39 Å². The molecule has 0 amide bonds. The first-order chi connectivity index (χ1) is 7.86. The zero-order valence-electron chi connectivity index (χ0n) is 8.84. The first kappa shape index (κ1) is 14.0. The summed E-state index contributed by atoms with van der Waals surface area (Å²) in [5.41, 5.74) is -0.797. The fourth-order valence-electron chi connectivity index (χ4n) is 1.51. The van der Waals surface area contributed by atoms with Crippen LogP contribution in [0.15, 0.2) is 18.2 Å². The van der Waals surface area contributed by atoms with Gasteiger partial charge in [0.15, 0.2) is 0 Å². The van der Waals surface area contributed by atoms with Crippen molar-refractivity contribution in [2.24, 2.45) is 0 Å². The third-order valence-electron chi connectivity index (χ3n) is 2.33. The van der Waals surface area contributed by atoms with Crippen LogP contribution >= 0.6 is 0 Å². The van der Waals surface area contributed by atoms with Gasteiger partial charge in [-0.2, -0.15) is 13.2 Å². The topological polar surface area (TPSA) is 40.5 Å². The molecule has 0 aliphatic carbocycles. The van der Waals surface area contributed by atoms with E-state index in [0.29, 0.717) is 0 Å². The van der Waals surface area contributed by atoms with Crippen molar-refractivity contribution in [1.82, 2.24) is 0 Å². The Kier molecular flexibility index (Phi) is 4.53. The summed E-state index contributed by atoms with van der Waals surface area (Å²) in [5.74, 6) is 0. The van der Waals surface area contributed by atoms with Crippen molar-refractivity contribution in [1.29, 1.82) is 0 Å². The van der Waals surface area contributed by atoms with Gasteiger partial charge < -0.3 is 10.0 Å². The maximum atomic E-state index is 12.4. The second kappa shape index (κ2) is 5.51. The van der Waals surface area contributed by atoms with Gasteiger partial charge in [-0.1, -0.05) is 12.1 Å². The Bertz CT molecular complexity index is 379. The molecular weight excluding hydrogens is 239 g/mol. The molecule has 1 rings (SSSR count). The monoisotopic (exact) mass is 250 g/mol. The Hall–Kier alpha value is -1.08. The zero-order valence-corrected chi connectivity index (χ0v) is 8.84. The number of benzene rings is 1. The summed E-state index contributed by atoms with van der Waals surface area (Å²) >= 11 is 0. The van der Waals surface area contributed by atoms with Gasteiger partial charge in [0.25, 0.3) is 0 Å². The molecule has 0 bridgehead atoms. The first-order valence-corrected chi connectivity index (χ1v) is 4.98. The molecule has 1 aromatic carbocycles. The van der Waals surface area contributed by atoms with Crippen LogP contribution in [0.4, 0.5) is 17.6 Å². The van der Waals surface area contributed by atoms with Gasteiger partial charge >= 0.3 is 13.3 Å². The van der Waals surface area contributed by atoms with E-state index in [2.05, 4.69) is 0 Å². The molecule has 0 radical (unpaired) electrons. The average Bonchev–Trinajstić information content (AvgIpc) is 2.24. The minimum absolute atomic E-state index is 0.0218. The van der Waals surface area contributed by atoms with Crippen molar-refractivity contribution < 1.29 is 27.6 Å². The smallest absolute Gasteiger partial charge is 0.423 e. The van der Waals surface area contributed by atoms with E-state index < -0.39 is 25.5 Å². The standard InChI is InChI=1S/C10H11BF4O2/c12-5-1-2-7-6-8(10(13,14)15)3-4-9(7)11(16)17/h3-4,6,16-17H,1-2,5H2. The van der Waals surface area contributed by atoms with E-state index in [1.807, 2.05) is 0 Å². The Morgan fingerprint density at radius 1 is 1.18 bits per heavy atom. The van der Waals surface area contributed by atoms with Crippen LogP contribution in [0.3, 0.4) is 0 Å². The molecule has 7 heteroatoms. The summed E-state index contributed by atoms with van der Waals surface area (Å²) in [5, 5.41) is 18.0. The van der Waals surface area contributed by atoms with Crippen molar-refractivity contribution >= 4 is 12.6 Å². The summed E-state index contributed by atoms with van der Waals surface area (Å²) in [6.45, 7) is -0.669. The normalized spacial score (nSPS) is 11.6. The minimum Gasteiger partial charge on any atom is -0.423 e. The lowest BCUT2D eigenvalue weighted by atomic mass is 9.75. The van der Waals surface area contributed by atoms with Crippen LogP contribution in [0.2, 0.25) is 0 Å². The number of rotatable bonds is 4. The molecule has 94 valence electrons. The lowest BCUT2D eigenvalue weighted by Gasteiger charge is -2.12. The van der Waals surface area contributed by atoms with Crippen LogP contribution in [-0.4, -0.2) is 23.8 Å². The highest BCUT2D eigenvalue weighted by Gasteiger charge is 2.31. The van der Waals surface area contributed by atoms with Crippen molar-refractivity contribution in [2.45, 2.75) is 19.0 Å². The quantitative estimate of drug-likeness (QED) is 0.624. The summed E-state index contributed by atoms with van der Waals surface area (Å²) in [7, 11) is -1.85. The predicted molar refractivity (Wildman–Crippen MR) is 55.6 cm³/mol. The third-order valence-corrected chi connectivity index (χ3v) is 2.33. The van der Waals surface area contributed by atoms with E-state index in [-0.39, 0.29) is 23.9 Å². The molecule has 0 saturated carbocycles. The molecule has 0 aliphatic rings. The van der Waals surface area contributed by atoms with Gasteiger partial charge in [-0.05, 0) is 29.9 Å². The molecule has 0 heterocycles. The molecule has 17 heavy (non-hydrogen) atoms. The number of halogens is 4. The molecule has 0 saturated heterocycles. The largest absolute Gasteiger partial charge is 0.488 e. The van der Waals surface area contributed by atoms with Crippen LogP contribution < -0.4 is 5.46 Å². The molecular formula is C10H11BF4O2. The average molecular weight is 250 g/mol. The SMILES string of the molecule is OB(O)c1ccc(C(F)(F)F)cc1CCCF. The lowest BCUT2D eigenvalue weighted by molar-refractivity contribution is -0.137. The molecule has 2 nitrogen and oxygen atoms in total. The van der Waals surface area contributed by atoms with Gasteiger partial charge in [0, 0.05) is 0 Å². The van der Waals surface area contributed by atoms with Gasteiger partial charge in [-0.25, -0.2) is 0 Å². The second-order valence-electron chi connectivity index (χ2n) is 3.58. The Balaban J connectivity index is 3.10. The highest BCUT2D eigenvalue weighted by atomic mass is 19.4. The molecule has 0 atom stereocenters. The van der Waals surface area contributed by atoms with E-state index in [0.717, 1.165) is 18.2 Å². The van der Waals surface area contributed by atoms with Gasteiger partial charge in [-0.15, -0.1) is 0 Å². The van der Waals surface area contributed by atoms with E-state index in [4.69, 9.17) is 10.0 Å². The van der Waals surface area contributed by atoms with Gasteiger partial charge in [0.05, 0.1) is 12.2 Å². The zero-order chi connectivity index (χ0) is 13.1. The second-order valence-corrected chi connectivity index (χ2v) is 3.58. The fourth-order valence-corrected chi connectivity index (χ4v) is 1.51. The lowest BCUT2D eigenvalue weighted by Crippen LogP contribution is -2.33. The molecule has 1 aromatic rings. The number of aryl methyl sites for hydroxylation is 1. The van der Waals surface area contributed by atoms with E-state index in [1.54, 1.807) is 0 Å². The first-order valence-electron chi connectivity index (χ1n) is 4.98. The molecule has 0 aliphatic heterocycles. The summed E-state index contributed by atoms with van der Waals surface area (Å²) < 4.78 is 49.3. The minimum atomic E-state index is -4.50. The summed E-state index contributed by atoms with van der Waals surface area (Å²) in [6, 6.07) is 2.60. The summed E-state index contributed by atoms with van der Waals surface area (Å²) in [4.78, 5) is 0. The van der Waals surface area contributed by atoms with E-state index in [1.165, 1.54) is 0 Å². The number of hydrogen-bond acceptors (Lipinski definition) is 2. The molecule has 0 fully saturated rings. The highest BCUT2D eigenvalue weighted by molar-refractivity contribution is 6.59. The van der Waals surface area contributed by atoms with E-state index >= 15 is 0 Å². The number of alkyl halides is 4. The molecule has 0 unspecified atom stereocenters. The van der Waals surface area contributed by atoms with Crippen LogP contribution in [0, 0.1) is 0 Å². The Labute approximate surface area is 96.0 Å². The summed E-state index contributed by atoms with van der Waals surface area (Å²) in [6.07, 6.45) is -4.42. The van der Waals surface area contributed by atoms with Crippen LogP contribution in [-0.2, 0) is 12.6 Å². The van der Waals surface area contributed by atoms with Crippen molar-refractivity contribution in [2.75, 3.05) is 6.67 Å². The Morgan fingerprint density at radius 2 is 1.82 bits per heavy atom. The Morgan fingerprint density at radius 3 is 2.29 bits per heavy atom. The highest BCUT2D eigenvalue weighted by Crippen LogP contribution is 2.29. The molecule has 0 spiro atoms. The van der Waals surface area contributed by atoms with Crippen molar-refractivity contribution in [3.63, 3.8) is 0 Å². The molecule has 2 N–H and O–H groups in total. The van der Waals surface area contributed by atoms with Gasteiger partial charge in [0.2, 0.25) is 0 Å².